The number of rotatable bonds is 7. The van der Waals surface area contributed by atoms with Gasteiger partial charge in [0, 0.05) is 17.9 Å². The fourth-order valence-corrected chi connectivity index (χ4v) is 4.82. The maximum Gasteiger partial charge on any atom is 0.407 e. The van der Waals surface area contributed by atoms with Gasteiger partial charge in [0.2, 0.25) is 5.91 Å². The van der Waals surface area contributed by atoms with Crippen LogP contribution in [0.5, 0.6) is 0 Å². The van der Waals surface area contributed by atoms with Gasteiger partial charge in [-0.25, -0.2) is 9.59 Å². The Bertz CT molecular complexity index is 1010. The molecule has 0 unspecified atom stereocenters. The van der Waals surface area contributed by atoms with Crippen LogP contribution in [-0.4, -0.2) is 53.0 Å². The zero-order valence-electron chi connectivity index (χ0n) is 18.4. The van der Waals surface area contributed by atoms with Gasteiger partial charge in [-0.15, -0.1) is 0 Å². The molecule has 0 aliphatic heterocycles. The summed E-state index contributed by atoms with van der Waals surface area (Å²) < 4.78 is 5.56. The normalized spacial score (nSPS) is 20.9. The summed E-state index contributed by atoms with van der Waals surface area (Å²) in [5, 5.41) is 23.9. The summed E-state index contributed by atoms with van der Waals surface area (Å²) in [6.07, 6.45) is -0.235. The molecule has 174 valence electrons. The molecule has 0 heterocycles. The minimum absolute atomic E-state index is 0.0290. The van der Waals surface area contributed by atoms with Crippen molar-refractivity contribution >= 4 is 18.0 Å². The first kappa shape index (κ1) is 22.8. The number of aliphatic hydroxyl groups is 1. The first-order chi connectivity index (χ1) is 15.8. The second kappa shape index (κ2) is 9.62. The molecular formula is C25H28N2O6. The van der Waals surface area contributed by atoms with Crippen LogP contribution in [0, 0.1) is 5.92 Å². The Morgan fingerprint density at radius 2 is 1.64 bits per heavy atom. The maximum atomic E-state index is 12.5. The lowest BCUT2D eigenvalue weighted by atomic mass is 9.98. The molecule has 4 atom stereocenters. The van der Waals surface area contributed by atoms with E-state index in [1.54, 1.807) is 0 Å². The number of carbonyl (C=O) groups excluding carboxylic acids is 2. The highest BCUT2D eigenvalue weighted by atomic mass is 16.5. The molecule has 4 N–H and O–H groups in total. The van der Waals surface area contributed by atoms with Gasteiger partial charge in [-0.1, -0.05) is 48.5 Å². The van der Waals surface area contributed by atoms with Crippen molar-refractivity contribution in [1.29, 1.82) is 0 Å². The van der Waals surface area contributed by atoms with E-state index >= 15 is 0 Å². The fourth-order valence-electron chi connectivity index (χ4n) is 4.82. The Hall–Kier alpha value is -3.39. The van der Waals surface area contributed by atoms with Crippen molar-refractivity contribution in [1.82, 2.24) is 10.6 Å². The van der Waals surface area contributed by atoms with Crippen LogP contribution in [0.4, 0.5) is 4.79 Å². The summed E-state index contributed by atoms with van der Waals surface area (Å²) >= 11 is 0. The number of carboxylic acids is 1. The Balaban J connectivity index is 1.30. The first-order valence-electron chi connectivity index (χ1n) is 11.2. The van der Waals surface area contributed by atoms with Gasteiger partial charge in [0.15, 0.2) is 6.04 Å². The molecule has 1 saturated carbocycles. The quantitative estimate of drug-likeness (QED) is 0.512. The molecule has 0 saturated heterocycles. The minimum atomic E-state index is -1.35. The Kier molecular flexibility index (Phi) is 6.65. The molecule has 2 amide bonds. The Morgan fingerprint density at radius 1 is 1.03 bits per heavy atom. The van der Waals surface area contributed by atoms with E-state index in [-0.39, 0.29) is 18.6 Å². The van der Waals surface area contributed by atoms with Crippen molar-refractivity contribution in [2.75, 3.05) is 6.61 Å². The molecule has 2 aliphatic rings. The van der Waals surface area contributed by atoms with Gasteiger partial charge in [0.1, 0.15) is 6.61 Å². The van der Waals surface area contributed by atoms with Crippen LogP contribution in [0.2, 0.25) is 0 Å². The standard InChI is InChI=1S/C25H28N2O6/c1-14(28)22(24(30)31)27-23(29)15-10-11-16(12-15)26-25(32)33-13-21-19-8-4-2-6-17(19)18-7-3-5-9-20(18)21/h2-9,14-16,21-22,28H,10-13H2,1H3,(H,26,32)(H,27,29)(H,30,31)/t14-,15+,16-,22+/m1/s1. The van der Waals surface area contributed by atoms with Crippen LogP contribution in [0.3, 0.4) is 0 Å². The van der Waals surface area contributed by atoms with Crippen LogP contribution in [-0.2, 0) is 14.3 Å². The van der Waals surface area contributed by atoms with E-state index in [2.05, 4.69) is 34.9 Å². The van der Waals surface area contributed by atoms with E-state index in [1.807, 2.05) is 24.3 Å². The number of aliphatic carboxylic acids is 1. The summed E-state index contributed by atoms with van der Waals surface area (Å²) in [4.78, 5) is 36.1. The molecular weight excluding hydrogens is 424 g/mol. The van der Waals surface area contributed by atoms with Crippen molar-refractivity contribution < 1.29 is 29.3 Å². The summed E-state index contributed by atoms with van der Waals surface area (Å²) in [5.74, 6) is -2.17. The van der Waals surface area contributed by atoms with Gasteiger partial charge in [0.25, 0.3) is 0 Å². The average Bonchev–Trinajstić information content (AvgIpc) is 3.38. The molecule has 0 radical (unpaired) electrons. The third-order valence-electron chi connectivity index (χ3n) is 6.52. The predicted octanol–water partition coefficient (Wildman–Crippen LogP) is 2.64. The van der Waals surface area contributed by atoms with Crippen molar-refractivity contribution in [3.05, 3.63) is 59.7 Å². The highest BCUT2D eigenvalue weighted by Gasteiger charge is 2.35. The smallest absolute Gasteiger partial charge is 0.407 e. The maximum absolute atomic E-state index is 12.5. The number of nitrogens with one attached hydrogen (secondary N) is 2. The molecule has 2 aromatic carbocycles. The number of fused-ring (bicyclic) bond motifs is 3. The summed E-state index contributed by atoms with van der Waals surface area (Å²) in [6, 6.07) is 14.6. The second-order valence-electron chi connectivity index (χ2n) is 8.74. The molecule has 2 aliphatic carbocycles. The molecule has 1 fully saturated rings. The molecule has 0 bridgehead atoms. The fraction of sp³-hybridized carbons (Fsp3) is 0.400. The lowest BCUT2D eigenvalue weighted by molar-refractivity contribution is -0.145. The number of carbonyl (C=O) groups is 3. The SMILES string of the molecule is C[C@@H](O)[C@H](NC(=O)[C@H]1CC[C@@H](NC(=O)OCC2c3ccccc3-c3ccccc32)C1)C(=O)O. The van der Waals surface area contributed by atoms with Crippen LogP contribution >= 0.6 is 0 Å². The van der Waals surface area contributed by atoms with E-state index in [0.717, 1.165) is 22.3 Å². The first-order valence-corrected chi connectivity index (χ1v) is 11.2. The molecule has 4 rings (SSSR count). The number of carboxylic acid groups (broad SMARTS) is 1. The lowest BCUT2D eigenvalue weighted by Crippen LogP contribution is -2.49. The van der Waals surface area contributed by atoms with E-state index in [0.29, 0.717) is 19.3 Å². The highest BCUT2D eigenvalue weighted by molar-refractivity contribution is 5.85. The van der Waals surface area contributed by atoms with Crippen molar-refractivity contribution in [3.8, 4) is 11.1 Å². The average molecular weight is 453 g/mol. The number of aliphatic hydroxyl groups excluding tert-OH is 1. The Morgan fingerprint density at radius 3 is 2.21 bits per heavy atom. The third-order valence-corrected chi connectivity index (χ3v) is 6.52. The van der Waals surface area contributed by atoms with Crippen molar-refractivity contribution in [2.24, 2.45) is 5.92 Å². The van der Waals surface area contributed by atoms with Gasteiger partial charge < -0.3 is 25.6 Å². The minimum Gasteiger partial charge on any atom is -0.480 e. The van der Waals surface area contributed by atoms with E-state index in [4.69, 9.17) is 9.84 Å². The zero-order chi connectivity index (χ0) is 23.5. The molecule has 0 aromatic heterocycles. The number of benzene rings is 2. The number of ether oxygens (including phenoxy) is 1. The van der Waals surface area contributed by atoms with Gasteiger partial charge >= 0.3 is 12.1 Å². The van der Waals surface area contributed by atoms with Gasteiger partial charge in [-0.05, 0) is 48.4 Å². The van der Waals surface area contributed by atoms with E-state index in [9.17, 15) is 19.5 Å². The monoisotopic (exact) mass is 452 g/mol. The number of alkyl carbamates (subject to hydrolysis) is 1. The third kappa shape index (κ3) is 4.85. The van der Waals surface area contributed by atoms with Crippen LogP contribution < -0.4 is 10.6 Å². The summed E-state index contributed by atoms with van der Waals surface area (Å²) in [7, 11) is 0. The predicted molar refractivity (Wildman–Crippen MR) is 121 cm³/mol. The van der Waals surface area contributed by atoms with Crippen molar-refractivity contribution in [2.45, 2.75) is 50.3 Å². The van der Waals surface area contributed by atoms with Crippen molar-refractivity contribution in [3.63, 3.8) is 0 Å². The van der Waals surface area contributed by atoms with E-state index < -0.39 is 36.0 Å². The van der Waals surface area contributed by atoms with Crippen LogP contribution in [0.15, 0.2) is 48.5 Å². The highest BCUT2D eigenvalue weighted by Crippen LogP contribution is 2.44. The lowest BCUT2D eigenvalue weighted by Gasteiger charge is -2.20. The molecule has 2 aromatic rings. The van der Waals surface area contributed by atoms with Gasteiger partial charge in [0.05, 0.1) is 6.10 Å². The topological polar surface area (TPSA) is 125 Å². The summed E-state index contributed by atoms with van der Waals surface area (Å²) in [6.45, 7) is 1.53. The van der Waals surface area contributed by atoms with Gasteiger partial charge in [-0.2, -0.15) is 0 Å². The van der Waals surface area contributed by atoms with Gasteiger partial charge in [-0.3, -0.25) is 4.79 Å². The summed E-state index contributed by atoms with van der Waals surface area (Å²) in [5.41, 5.74) is 4.58. The number of amides is 2. The number of hydrogen-bond acceptors (Lipinski definition) is 5. The largest absolute Gasteiger partial charge is 0.480 e. The zero-order valence-corrected chi connectivity index (χ0v) is 18.4. The van der Waals surface area contributed by atoms with E-state index in [1.165, 1.54) is 6.92 Å². The molecule has 33 heavy (non-hydrogen) atoms. The number of hydrogen-bond donors (Lipinski definition) is 4. The second-order valence-corrected chi connectivity index (χ2v) is 8.74. The Labute approximate surface area is 192 Å². The molecule has 8 nitrogen and oxygen atoms in total. The molecule has 8 heteroatoms. The van der Waals surface area contributed by atoms with Crippen LogP contribution in [0.1, 0.15) is 43.2 Å². The molecule has 0 spiro atoms. The van der Waals surface area contributed by atoms with Crippen LogP contribution in [0.25, 0.3) is 11.1 Å².